The predicted octanol–water partition coefficient (Wildman–Crippen LogP) is 1.49. The van der Waals surface area contributed by atoms with Crippen LogP contribution in [-0.4, -0.2) is 24.6 Å². The van der Waals surface area contributed by atoms with Crippen LogP contribution in [0.25, 0.3) is 0 Å². The first-order chi connectivity index (χ1) is 8.30. The summed E-state index contributed by atoms with van der Waals surface area (Å²) in [6.45, 7) is 3.36. The average molecular weight is 272 g/mol. The fourth-order valence-corrected chi connectivity index (χ4v) is 3.13. The van der Waals surface area contributed by atoms with Gasteiger partial charge in [0.2, 0.25) is 0 Å². The van der Waals surface area contributed by atoms with Gasteiger partial charge in [0.05, 0.1) is 15.1 Å². The lowest BCUT2D eigenvalue weighted by atomic mass is 10.2. The van der Waals surface area contributed by atoms with Crippen molar-refractivity contribution in [2.75, 3.05) is 0 Å². The normalized spacial score (nSPS) is 15.1. The third-order valence-electron chi connectivity index (χ3n) is 2.94. The third-order valence-corrected chi connectivity index (χ3v) is 5.20. The zero-order valence-electron chi connectivity index (χ0n) is 10.2. The van der Waals surface area contributed by atoms with Gasteiger partial charge in [-0.1, -0.05) is 6.92 Å². The number of nitro groups is 1. The van der Waals surface area contributed by atoms with Crippen LogP contribution >= 0.6 is 0 Å². The van der Waals surface area contributed by atoms with E-state index in [0.29, 0.717) is 6.42 Å². The molecule has 100 valence electrons. The minimum atomic E-state index is -3.54. The van der Waals surface area contributed by atoms with Crippen molar-refractivity contribution in [1.82, 2.24) is 0 Å². The van der Waals surface area contributed by atoms with Gasteiger partial charge in [0.25, 0.3) is 5.69 Å². The molecule has 18 heavy (non-hydrogen) atoms. The van der Waals surface area contributed by atoms with Gasteiger partial charge in [-0.15, -0.1) is 0 Å². The van der Waals surface area contributed by atoms with Crippen LogP contribution in [0.5, 0.6) is 0 Å². The van der Waals surface area contributed by atoms with Crippen LogP contribution in [-0.2, 0) is 9.84 Å². The number of sulfone groups is 1. The molecule has 0 aliphatic carbocycles. The van der Waals surface area contributed by atoms with Crippen molar-refractivity contribution in [2.24, 2.45) is 5.73 Å². The van der Waals surface area contributed by atoms with E-state index >= 15 is 0 Å². The number of hydrogen-bond donors (Lipinski definition) is 1. The number of rotatable bonds is 5. The summed E-state index contributed by atoms with van der Waals surface area (Å²) in [4.78, 5) is 9.97. The van der Waals surface area contributed by atoms with E-state index in [1.54, 1.807) is 6.92 Å². The molecule has 0 spiro atoms. The van der Waals surface area contributed by atoms with E-state index in [4.69, 9.17) is 5.73 Å². The zero-order chi connectivity index (χ0) is 13.9. The second-order valence-corrected chi connectivity index (χ2v) is 6.38. The number of hydrogen-bond acceptors (Lipinski definition) is 5. The van der Waals surface area contributed by atoms with Gasteiger partial charge in [0.1, 0.15) is 0 Å². The Morgan fingerprint density at radius 2 is 1.83 bits per heavy atom. The molecule has 0 fully saturated rings. The van der Waals surface area contributed by atoms with Crippen molar-refractivity contribution >= 4 is 15.5 Å². The fourth-order valence-electron chi connectivity index (χ4n) is 1.53. The molecule has 0 amide bonds. The van der Waals surface area contributed by atoms with Crippen LogP contribution in [0.3, 0.4) is 0 Å². The molecule has 0 heterocycles. The van der Waals surface area contributed by atoms with Crippen molar-refractivity contribution < 1.29 is 13.3 Å². The van der Waals surface area contributed by atoms with Crippen molar-refractivity contribution in [2.45, 2.75) is 36.5 Å². The number of nitro benzene ring substituents is 1. The number of nitrogens with two attached hydrogens (primary N) is 1. The summed E-state index contributed by atoms with van der Waals surface area (Å²) in [5.41, 5.74) is 5.59. The second kappa shape index (κ2) is 5.45. The molecule has 2 N–H and O–H groups in total. The van der Waals surface area contributed by atoms with Crippen LogP contribution in [0, 0.1) is 10.1 Å². The molecular weight excluding hydrogens is 256 g/mol. The van der Waals surface area contributed by atoms with Gasteiger partial charge in [0, 0.05) is 18.2 Å². The summed E-state index contributed by atoms with van der Waals surface area (Å²) in [7, 11) is -3.54. The predicted molar refractivity (Wildman–Crippen MR) is 68.0 cm³/mol. The smallest absolute Gasteiger partial charge is 0.269 e. The number of non-ortho nitro benzene ring substituents is 1. The fraction of sp³-hybridized carbons (Fsp3) is 0.455. The van der Waals surface area contributed by atoms with E-state index in [1.807, 2.05) is 6.92 Å². The summed E-state index contributed by atoms with van der Waals surface area (Å²) in [5, 5.41) is 9.77. The van der Waals surface area contributed by atoms with Crippen LogP contribution in [0.15, 0.2) is 29.2 Å². The molecule has 0 aliphatic rings. The Morgan fingerprint density at radius 3 is 2.22 bits per heavy atom. The van der Waals surface area contributed by atoms with Gasteiger partial charge in [-0.25, -0.2) is 8.42 Å². The molecule has 6 nitrogen and oxygen atoms in total. The molecule has 0 aliphatic heterocycles. The first kappa shape index (κ1) is 14.6. The van der Waals surface area contributed by atoms with Crippen LogP contribution in [0.1, 0.15) is 20.3 Å². The Kier molecular flexibility index (Phi) is 4.42. The highest BCUT2D eigenvalue weighted by Gasteiger charge is 2.28. The molecule has 0 aromatic heterocycles. The third kappa shape index (κ3) is 2.85. The molecule has 0 bridgehead atoms. The highest BCUT2D eigenvalue weighted by molar-refractivity contribution is 7.92. The maximum absolute atomic E-state index is 12.2. The minimum Gasteiger partial charge on any atom is -0.327 e. The first-order valence-corrected chi connectivity index (χ1v) is 7.09. The largest absolute Gasteiger partial charge is 0.327 e. The summed E-state index contributed by atoms with van der Waals surface area (Å²) in [6.07, 6.45) is 0.549. The Labute approximate surface area is 106 Å². The van der Waals surface area contributed by atoms with Crippen LogP contribution in [0.2, 0.25) is 0 Å². The van der Waals surface area contributed by atoms with Gasteiger partial charge in [-0.3, -0.25) is 10.1 Å². The zero-order valence-corrected chi connectivity index (χ0v) is 11.1. The molecular formula is C11H16N2O4S. The van der Waals surface area contributed by atoms with E-state index in [-0.39, 0.29) is 10.6 Å². The van der Waals surface area contributed by atoms with E-state index in [9.17, 15) is 18.5 Å². The van der Waals surface area contributed by atoms with Gasteiger partial charge in [-0.2, -0.15) is 0 Å². The van der Waals surface area contributed by atoms with E-state index in [0.717, 1.165) is 0 Å². The molecule has 1 rings (SSSR count). The van der Waals surface area contributed by atoms with Crippen molar-refractivity contribution in [1.29, 1.82) is 0 Å². The lowest BCUT2D eigenvalue weighted by Crippen LogP contribution is -2.37. The summed E-state index contributed by atoms with van der Waals surface area (Å²) >= 11 is 0. The standard InChI is InChI=1S/C11H16N2O4S/c1-3-11(12)8(2)18(16,17)10-6-4-9(5-7-10)13(14)15/h4-8,11H,3,12H2,1-2H3. The van der Waals surface area contributed by atoms with Gasteiger partial charge in [0.15, 0.2) is 9.84 Å². The summed E-state index contributed by atoms with van der Waals surface area (Å²) in [5.74, 6) is 0. The quantitative estimate of drug-likeness (QED) is 0.646. The number of benzene rings is 1. The van der Waals surface area contributed by atoms with Crippen LogP contribution in [0.4, 0.5) is 5.69 Å². The number of nitrogens with zero attached hydrogens (tertiary/aromatic N) is 1. The molecule has 7 heteroatoms. The molecule has 0 saturated heterocycles. The van der Waals surface area contributed by atoms with E-state index in [2.05, 4.69) is 0 Å². The van der Waals surface area contributed by atoms with Crippen molar-refractivity contribution in [3.63, 3.8) is 0 Å². The second-order valence-electron chi connectivity index (χ2n) is 4.07. The highest BCUT2D eigenvalue weighted by Crippen LogP contribution is 2.21. The lowest BCUT2D eigenvalue weighted by molar-refractivity contribution is -0.384. The van der Waals surface area contributed by atoms with E-state index < -0.39 is 26.1 Å². The Hall–Kier alpha value is -1.47. The lowest BCUT2D eigenvalue weighted by Gasteiger charge is -2.18. The first-order valence-electron chi connectivity index (χ1n) is 5.54. The minimum absolute atomic E-state index is 0.0597. The molecule has 2 unspecified atom stereocenters. The molecule has 2 atom stereocenters. The SMILES string of the molecule is CCC(N)C(C)S(=O)(=O)c1ccc([N+](=O)[O-])cc1. The van der Waals surface area contributed by atoms with Gasteiger partial charge >= 0.3 is 0 Å². The molecule has 1 aromatic carbocycles. The molecule has 1 aromatic rings. The van der Waals surface area contributed by atoms with Crippen LogP contribution < -0.4 is 5.73 Å². The van der Waals surface area contributed by atoms with Gasteiger partial charge in [-0.05, 0) is 25.5 Å². The maximum Gasteiger partial charge on any atom is 0.269 e. The van der Waals surface area contributed by atoms with Gasteiger partial charge < -0.3 is 5.73 Å². The molecule has 0 radical (unpaired) electrons. The van der Waals surface area contributed by atoms with E-state index in [1.165, 1.54) is 24.3 Å². The Morgan fingerprint density at radius 1 is 1.33 bits per heavy atom. The van der Waals surface area contributed by atoms with Crippen molar-refractivity contribution in [3.05, 3.63) is 34.4 Å². The molecule has 0 saturated carbocycles. The summed E-state index contributed by atoms with van der Waals surface area (Å²) < 4.78 is 24.3. The monoisotopic (exact) mass is 272 g/mol. The Bertz CT molecular complexity index is 524. The summed E-state index contributed by atoms with van der Waals surface area (Å²) in [6, 6.07) is 4.39. The average Bonchev–Trinajstić information content (AvgIpc) is 2.36. The Balaban J connectivity index is 3.09. The maximum atomic E-state index is 12.2. The topological polar surface area (TPSA) is 103 Å². The van der Waals surface area contributed by atoms with Crippen molar-refractivity contribution in [3.8, 4) is 0 Å². The highest BCUT2D eigenvalue weighted by atomic mass is 32.2.